The van der Waals surface area contributed by atoms with Gasteiger partial charge in [0.15, 0.2) is 11.2 Å². The molecule has 3 aromatic rings. The number of nitrogens with one attached hydrogen (secondary N) is 1. The van der Waals surface area contributed by atoms with Crippen LogP contribution in [0.4, 0.5) is 5.13 Å². The molecule has 4 nitrogen and oxygen atoms in total. The molecule has 1 N–H and O–H groups in total. The third-order valence-electron chi connectivity index (χ3n) is 4.28. The van der Waals surface area contributed by atoms with E-state index in [1.165, 1.54) is 26.7 Å². The molecule has 1 atom stereocenters. The lowest BCUT2D eigenvalue weighted by Crippen LogP contribution is -2.28. The monoisotopic (exact) mass is 370 g/mol. The number of aryl methyl sites for hydroxylation is 2. The lowest BCUT2D eigenvalue weighted by atomic mass is 9.97. The molecule has 1 aliphatic heterocycles. The number of rotatable bonds is 3. The molecule has 0 radical (unpaired) electrons. The Bertz CT molecular complexity index is 929. The van der Waals surface area contributed by atoms with Gasteiger partial charge in [-0.2, -0.15) is 0 Å². The summed E-state index contributed by atoms with van der Waals surface area (Å²) in [5, 5.41) is 5.51. The predicted octanol–water partition coefficient (Wildman–Crippen LogP) is 4.74. The number of benzene rings is 1. The molecule has 1 aromatic carbocycles. The maximum absolute atomic E-state index is 12.7. The van der Waals surface area contributed by atoms with Crippen LogP contribution in [-0.4, -0.2) is 17.5 Å². The Labute approximate surface area is 154 Å². The van der Waals surface area contributed by atoms with Crippen LogP contribution in [0.15, 0.2) is 35.7 Å². The van der Waals surface area contributed by atoms with Crippen LogP contribution in [0.25, 0.3) is 11.3 Å². The van der Waals surface area contributed by atoms with E-state index in [1.54, 1.807) is 11.3 Å². The second kappa shape index (κ2) is 6.71. The minimum absolute atomic E-state index is 0.161. The third-order valence-corrected chi connectivity index (χ3v) is 6.01. The maximum atomic E-state index is 12.7. The molecule has 0 aliphatic carbocycles. The smallest absolute Gasteiger partial charge is 0.259 e. The number of fused-ring (bicyclic) bond motifs is 1. The van der Waals surface area contributed by atoms with Crippen molar-refractivity contribution >= 4 is 33.7 Å². The van der Waals surface area contributed by atoms with E-state index in [1.807, 2.05) is 23.6 Å². The van der Waals surface area contributed by atoms with Crippen LogP contribution in [0.3, 0.4) is 0 Å². The maximum Gasteiger partial charge on any atom is 0.259 e. The highest BCUT2D eigenvalue weighted by Crippen LogP contribution is 2.33. The van der Waals surface area contributed by atoms with Crippen molar-refractivity contribution in [1.29, 1.82) is 0 Å². The van der Waals surface area contributed by atoms with Gasteiger partial charge in [0.05, 0.1) is 12.3 Å². The minimum Gasteiger partial charge on any atom is -0.363 e. The van der Waals surface area contributed by atoms with Gasteiger partial charge in [-0.3, -0.25) is 10.1 Å². The van der Waals surface area contributed by atoms with Crippen LogP contribution in [0, 0.1) is 13.8 Å². The molecule has 0 bridgehead atoms. The van der Waals surface area contributed by atoms with Gasteiger partial charge in [-0.25, -0.2) is 4.98 Å². The van der Waals surface area contributed by atoms with Gasteiger partial charge in [0.1, 0.15) is 0 Å². The first-order valence-corrected chi connectivity index (χ1v) is 9.84. The van der Waals surface area contributed by atoms with Crippen molar-refractivity contribution < 1.29 is 9.53 Å². The first-order chi connectivity index (χ1) is 12.1. The zero-order chi connectivity index (χ0) is 17.4. The largest absolute Gasteiger partial charge is 0.363 e. The zero-order valence-corrected chi connectivity index (χ0v) is 15.7. The lowest BCUT2D eigenvalue weighted by molar-refractivity contribution is -0.128. The fourth-order valence-electron chi connectivity index (χ4n) is 3.12. The summed E-state index contributed by atoms with van der Waals surface area (Å²) >= 11 is 3.20. The summed E-state index contributed by atoms with van der Waals surface area (Å²) in [7, 11) is 0. The Kier molecular flexibility index (Phi) is 4.41. The highest BCUT2D eigenvalue weighted by molar-refractivity contribution is 7.14. The van der Waals surface area contributed by atoms with Gasteiger partial charge in [0.25, 0.3) is 5.91 Å². The number of carbonyl (C=O) groups excluding carboxylic acids is 1. The summed E-state index contributed by atoms with van der Waals surface area (Å²) in [5.74, 6) is -0.161. The van der Waals surface area contributed by atoms with Gasteiger partial charge < -0.3 is 4.74 Å². The van der Waals surface area contributed by atoms with Gasteiger partial charge in [0.2, 0.25) is 0 Å². The summed E-state index contributed by atoms with van der Waals surface area (Å²) < 4.78 is 5.72. The number of amides is 1. The number of nitrogens with zero attached hydrogens (tertiary/aromatic N) is 1. The first-order valence-electron chi connectivity index (χ1n) is 8.15. The summed E-state index contributed by atoms with van der Waals surface area (Å²) in [5.41, 5.74) is 4.18. The van der Waals surface area contributed by atoms with Crippen molar-refractivity contribution in [3.63, 3.8) is 0 Å². The van der Waals surface area contributed by atoms with Crippen molar-refractivity contribution in [3.05, 3.63) is 56.6 Å². The molecule has 1 amide bonds. The molecule has 0 saturated heterocycles. The molecule has 2 aromatic heterocycles. The number of anilines is 1. The van der Waals surface area contributed by atoms with Crippen LogP contribution in [0.1, 0.15) is 27.0 Å². The van der Waals surface area contributed by atoms with E-state index in [0.717, 1.165) is 23.2 Å². The number of aromatic nitrogens is 1. The van der Waals surface area contributed by atoms with Crippen LogP contribution in [-0.2, 0) is 16.0 Å². The van der Waals surface area contributed by atoms with Crippen molar-refractivity contribution in [1.82, 2.24) is 4.98 Å². The topological polar surface area (TPSA) is 51.2 Å². The van der Waals surface area contributed by atoms with E-state index < -0.39 is 6.10 Å². The second-order valence-corrected chi connectivity index (χ2v) is 8.37. The van der Waals surface area contributed by atoms with Crippen molar-refractivity contribution in [3.8, 4) is 11.3 Å². The molecule has 6 heteroatoms. The normalized spacial score (nSPS) is 16.5. The molecule has 3 heterocycles. The molecule has 0 fully saturated rings. The van der Waals surface area contributed by atoms with Gasteiger partial charge in [-0.1, -0.05) is 24.3 Å². The molecule has 128 valence electrons. The number of thiazole rings is 1. The molecule has 0 saturated carbocycles. The Morgan fingerprint density at radius 2 is 2.16 bits per heavy atom. The standard InChI is InChI=1S/C19H18N2O2S2/c1-11-9-15(12(2)25-11)16-10-24-19(20-16)21-18(22)17-14-6-4-3-5-13(14)7-8-23-17/h3-6,9-10,17H,7-8H2,1-2H3,(H,20,21,22). The second-order valence-electron chi connectivity index (χ2n) is 6.05. The number of carbonyl (C=O) groups is 1. The lowest BCUT2D eigenvalue weighted by Gasteiger charge is -2.24. The predicted molar refractivity (Wildman–Crippen MR) is 102 cm³/mol. The van der Waals surface area contributed by atoms with Gasteiger partial charge in [0, 0.05) is 20.7 Å². The van der Waals surface area contributed by atoms with Crippen LogP contribution < -0.4 is 5.32 Å². The molecule has 1 unspecified atom stereocenters. The quantitative estimate of drug-likeness (QED) is 0.724. The highest BCUT2D eigenvalue weighted by atomic mass is 32.1. The summed E-state index contributed by atoms with van der Waals surface area (Å²) in [4.78, 5) is 19.8. The summed E-state index contributed by atoms with van der Waals surface area (Å²) in [6.45, 7) is 4.75. The first kappa shape index (κ1) is 16.4. The summed E-state index contributed by atoms with van der Waals surface area (Å²) in [6, 6.07) is 10.1. The van der Waals surface area contributed by atoms with E-state index >= 15 is 0 Å². The fourth-order valence-corrected chi connectivity index (χ4v) is 4.77. The van der Waals surface area contributed by atoms with E-state index in [9.17, 15) is 4.79 Å². The molecular weight excluding hydrogens is 352 g/mol. The third kappa shape index (κ3) is 3.25. The molecule has 0 spiro atoms. The zero-order valence-electron chi connectivity index (χ0n) is 14.0. The Morgan fingerprint density at radius 1 is 1.32 bits per heavy atom. The van der Waals surface area contributed by atoms with Crippen molar-refractivity contribution in [2.75, 3.05) is 11.9 Å². The fraction of sp³-hybridized carbons (Fsp3) is 0.263. The van der Waals surface area contributed by atoms with E-state index in [-0.39, 0.29) is 5.91 Å². The molecule has 25 heavy (non-hydrogen) atoms. The van der Waals surface area contributed by atoms with Gasteiger partial charge in [-0.05, 0) is 37.5 Å². The SMILES string of the molecule is Cc1cc(-c2csc(NC(=O)C3OCCc4ccccc43)n2)c(C)s1. The number of thiophene rings is 1. The molecule has 1 aliphatic rings. The Hall–Kier alpha value is -2.02. The van der Waals surface area contributed by atoms with Crippen molar-refractivity contribution in [2.24, 2.45) is 0 Å². The number of hydrogen-bond donors (Lipinski definition) is 1. The number of hydrogen-bond acceptors (Lipinski definition) is 5. The van der Waals surface area contributed by atoms with E-state index in [2.05, 4.69) is 36.3 Å². The van der Waals surface area contributed by atoms with Crippen LogP contribution in [0.5, 0.6) is 0 Å². The van der Waals surface area contributed by atoms with E-state index in [4.69, 9.17) is 4.74 Å². The van der Waals surface area contributed by atoms with Gasteiger partial charge in [-0.15, -0.1) is 22.7 Å². The minimum atomic E-state index is -0.567. The summed E-state index contributed by atoms with van der Waals surface area (Å²) in [6.07, 6.45) is 0.278. The highest BCUT2D eigenvalue weighted by Gasteiger charge is 2.27. The van der Waals surface area contributed by atoms with Crippen LogP contribution >= 0.6 is 22.7 Å². The number of ether oxygens (including phenoxy) is 1. The molecule has 4 rings (SSSR count). The van der Waals surface area contributed by atoms with Crippen molar-refractivity contribution in [2.45, 2.75) is 26.4 Å². The van der Waals surface area contributed by atoms with E-state index in [0.29, 0.717) is 11.7 Å². The Morgan fingerprint density at radius 3 is 2.96 bits per heavy atom. The van der Waals surface area contributed by atoms with Crippen LogP contribution in [0.2, 0.25) is 0 Å². The Balaban J connectivity index is 1.54. The molecular formula is C19H18N2O2S2. The van der Waals surface area contributed by atoms with Gasteiger partial charge >= 0.3 is 0 Å². The average molecular weight is 370 g/mol. The average Bonchev–Trinajstić information content (AvgIpc) is 3.20.